The van der Waals surface area contributed by atoms with Crippen molar-refractivity contribution < 1.29 is 19.5 Å². The Morgan fingerprint density at radius 3 is 2.30 bits per heavy atom. The average molecular weight is 282 g/mol. The Morgan fingerprint density at radius 1 is 1.15 bits per heavy atom. The SMILES string of the molecule is CC(NC(=O)[C@@H]1CC[C@H](C(=O)O)C1)C(=O)N1CCCC1. The molecule has 1 aliphatic carbocycles. The van der Waals surface area contributed by atoms with Crippen LogP contribution in [0.5, 0.6) is 0 Å². The highest BCUT2D eigenvalue weighted by atomic mass is 16.4. The second-order valence-electron chi connectivity index (χ2n) is 5.81. The molecule has 1 aliphatic heterocycles. The zero-order chi connectivity index (χ0) is 14.7. The molecular formula is C14H22N2O4. The quantitative estimate of drug-likeness (QED) is 0.791. The van der Waals surface area contributed by atoms with Crippen LogP contribution in [-0.4, -0.2) is 46.9 Å². The van der Waals surface area contributed by atoms with Gasteiger partial charge in [0.05, 0.1) is 5.92 Å². The number of carboxylic acid groups (broad SMARTS) is 1. The highest BCUT2D eigenvalue weighted by Gasteiger charge is 2.35. The van der Waals surface area contributed by atoms with E-state index in [9.17, 15) is 14.4 Å². The number of carbonyl (C=O) groups excluding carboxylic acids is 2. The van der Waals surface area contributed by atoms with Crippen LogP contribution in [0.1, 0.15) is 39.0 Å². The first-order valence-electron chi connectivity index (χ1n) is 7.31. The molecule has 20 heavy (non-hydrogen) atoms. The molecule has 0 aromatic carbocycles. The lowest BCUT2D eigenvalue weighted by atomic mass is 10.0. The first-order chi connectivity index (χ1) is 9.49. The first-order valence-corrected chi connectivity index (χ1v) is 7.31. The van der Waals surface area contributed by atoms with E-state index in [4.69, 9.17) is 5.11 Å². The van der Waals surface area contributed by atoms with Gasteiger partial charge in [-0.15, -0.1) is 0 Å². The highest BCUT2D eigenvalue weighted by Crippen LogP contribution is 2.31. The Bertz CT molecular complexity index is 404. The molecule has 2 rings (SSSR count). The van der Waals surface area contributed by atoms with Gasteiger partial charge in [0.25, 0.3) is 0 Å². The minimum atomic E-state index is -0.832. The van der Waals surface area contributed by atoms with Crippen molar-refractivity contribution in [3.8, 4) is 0 Å². The van der Waals surface area contributed by atoms with Crippen molar-refractivity contribution in [1.82, 2.24) is 10.2 Å². The van der Waals surface area contributed by atoms with E-state index < -0.39 is 17.9 Å². The molecule has 0 aromatic rings. The second-order valence-corrected chi connectivity index (χ2v) is 5.81. The summed E-state index contributed by atoms with van der Waals surface area (Å²) in [6.07, 6.45) is 3.56. The third kappa shape index (κ3) is 3.29. The number of amides is 2. The number of aliphatic carboxylic acids is 1. The van der Waals surface area contributed by atoms with Crippen LogP contribution in [0.3, 0.4) is 0 Å². The minimum Gasteiger partial charge on any atom is -0.481 e. The summed E-state index contributed by atoms with van der Waals surface area (Å²) in [5.74, 6) is -1.75. The number of hydrogen-bond acceptors (Lipinski definition) is 3. The van der Waals surface area contributed by atoms with Crippen LogP contribution in [0.4, 0.5) is 0 Å². The summed E-state index contributed by atoms with van der Waals surface area (Å²) in [5.41, 5.74) is 0. The summed E-state index contributed by atoms with van der Waals surface area (Å²) in [4.78, 5) is 36.8. The summed E-state index contributed by atoms with van der Waals surface area (Å²) < 4.78 is 0. The fraction of sp³-hybridized carbons (Fsp3) is 0.786. The minimum absolute atomic E-state index is 0.0383. The third-order valence-corrected chi connectivity index (χ3v) is 4.30. The van der Waals surface area contributed by atoms with E-state index in [1.54, 1.807) is 11.8 Å². The van der Waals surface area contributed by atoms with Crippen molar-refractivity contribution in [2.45, 2.75) is 45.1 Å². The van der Waals surface area contributed by atoms with Gasteiger partial charge in [-0.1, -0.05) is 0 Å². The van der Waals surface area contributed by atoms with Crippen molar-refractivity contribution in [3.05, 3.63) is 0 Å². The number of likely N-dealkylation sites (tertiary alicyclic amines) is 1. The van der Waals surface area contributed by atoms with Gasteiger partial charge in [0.2, 0.25) is 11.8 Å². The van der Waals surface area contributed by atoms with E-state index in [1.165, 1.54) is 0 Å². The summed E-state index contributed by atoms with van der Waals surface area (Å²) in [6.45, 7) is 3.23. The fourth-order valence-corrected chi connectivity index (χ4v) is 3.05. The van der Waals surface area contributed by atoms with Crippen molar-refractivity contribution in [2.75, 3.05) is 13.1 Å². The van der Waals surface area contributed by atoms with Gasteiger partial charge in [-0.3, -0.25) is 14.4 Å². The largest absolute Gasteiger partial charge is 0.481 e. The van der Waals surface area contributed by atoms with Crippen molar-refractivity contribution >= 4 is 17.8 Å². The van der Waals surface area contributed by atoms with Crippen molar-refractivity contribution in [3.63, 3.8) is 0 Å². The van der Waals surface area contributed by atoms with Gasteiger partial charge in [0.15, 0.2) is 0 Å². The van der Waals surface area contributed by atoms with Crippen LogP contribution >= 0.6 is 0 Å². The van der Waals surface area contributed by atoms with E-state index in [2.05, 4.69) is 5.32 Å². The predicted octanol–water partition coefficient (Wildman–Crippen LogP) is 0.614. The molecule has 6 nitrogen and oxygen atoms in total. The average Bonchev–Trinajstić information content (AvgIpc) is 3.08. The maximum atomic E-state index is 12.1. The number of hydrogen-bond donors (Lipinski definition) is 2. The normalized spacial score (nSPS) is 27.4. The zero-order valence-corrected chi connectivity index (χ0v) is 11.8. The summed E-state index contributed by atoms with van der Waals surface area (Å²) >= 11 is 0. The van der Waals surface area contributed by atoms with Crippen LogP contribution in [-0.2, 0) is 14.4 Å². The van der Waals surface area contributed by atoms with Gasteiger partial charge < -0.3 is 15.3 Å². The highest BCUT2D eigenvalue weighted by molar-refractivity contribution is 5.88. The second kappa shape index (κ2) is 6.24. The van der Waals surface area contributed by atoms with E-state index in [0.29, 0.717) is 19.3 Å². The third-order valence-electron chi connectivity index (χ3n) is 4.30. The van der Waals surface area contributed by atoms with Crippen LogP contribution in [0.2, 0.25) is 0 Å². The molecule has 1 saturated heterocycles. The van der Waals surface area contributed by atoms with Gasteiger partial charge in [-0.2, -0.15) is 0 Å². The van der Waals surface area contributed by atoms with Crippen molar-refractivity contribution in [2.24, 2.45) is 11.8 Å². The lowest BCUT2D eigenvalue weighted by Crippen LogP contribution is -2.47. The smallest absolute Gasteiger partial charge is 0.306 e. The molecule has 2 aliphatic rings. The first kappa shape index (κ1) is 14.8. The molecule has 2 amide bonds. The van der Waals surface area contributed by atoms with Gasteiger partial charge >= 0.3 is 5.97 Å². The van der Waals surface area contributed by atoms with Gasteiger partial charge in [-0.25, -0.2) is 0 Å². The van der Waals surface area contributed by atoms with Crippen LogP contribution < -0.4 is 5.32 Å². The predicted molar refractivity (Wildman–Crippen MR) is 71.9 cm³/mol. The van der Waals surface area contributed by atoms with Crippen LogP contribution in [0, 0.1) is 11.8 Å². The lowest BCUT2D eigenvalue weighted by Gasteiger charge is -2.22. The molecule has 6 heteroatoms. The standard InChI is InChI=1S/C14H22N2O4/c1-9(13(18)16-6-2-3-7-16)15-12(17)10-4-5-11(8-10)14(19)20/h9-11H,2-8H2,1H3,(H,15,17)(H,19,20)/t9?,10-,11+/m1/s1. The molecule has 1 unspecified atom stereocenters. The van der Waals surface area contributed by atoms with Crippen LogP contribution in [0.25, 0.3) is 0 Å². The van der Waals surface area contributed by atoms with E-state index >= 15 is 0 Å². The van der Waals surface area contributed by atoms with Gasteiger partial charge in [-0.05, 0) is 39.0 Å². The Hall–Kier alpha value is -1.59. The monoisotopic (exact) mass is 282 g/mol. The number of carboxylic acids is 1. The topological polar surface area (TPSA) is 86.7 Å². The molecule has 0 aromatic heterocycles. The Morgan fingerprint density at radius 2 is 1.75 bits per heavy atom. The molecule has 3 atom stereocenters. The molecule has 112 valence electrons. The van der Waals surface area contributed by atoms with Gasteiger partial charge in [0, 0.05) is 19.0 Å². The van der Waals surface area contributed by atoms with E-state index in [1.807, 2.05) is 0 Å². The lowest BCUT2D eigenvalue weighted by molar-refractivity contribution is -0.141. The molecule has 0 spiro atoms. The fourth-order valence-electron chi connectivity index (χ4n) is 3.05. The van der Waals surface area contributed by atoms with E-state index in [0.717, 1.165) is 25.9 Å². The number of carbonyl (C=O) groups is 3. The van der Waals surface area contributed by atoms with Crippen molar-refractivity contribution in [1.29, 1.82) is 0 Å². The Labute approximate surface area is 118 Å². The summed E-state index contributed by atoms with van der Waals surface area (Å²) in [7, 11) is 0. The maximum Gasteiger partial charge on any atom is 0.306 e. The zero-order valence-electron chi connectivity index (χ0n) is 11.8. The summed E-state index contributed by atoms with van der Waals surface area (Å²) in [6, 6.07) is -0.524. The number of nitrogens with one attached hydrogen (secondary N) is 1. The molecule has 0 bridgehead atoms. The molecule has 2 fully saturated rings. The Balaban J connectivity index is 1.82. The van der Waals surface area contributed by atoms with E-state index in [-0.39, 0.29) is 17.7 Å². The molecule has 2 N–H and O–H groups in total. The number of rotatable bonds is 4. The molecular weight excluding hydrogens is 260 g/mol. The number of nitrogens with zero attached hydrogens (tertiary/aromatic N) is 1. The summed E-state index contributed by atoms with van der Waals surface area (Å²) in [5, 5.41) is 11.7. The maximum absolute atomic E-state index is 12.1. The van der Waals surface area contributed by atoms with Gasteiger partial charge in [0.1, 0.15) is 6.04 Å². The van der Waals surface area contributed by atoms with Crippen LogP contribution in [0.15, 0.2) is 0 Å². The molecule has 1 saturated carbocycles. The molecule has 0 radical (unpaired) electrons. The molecule has 1 heterocycles. The Kier molecular flexibility index (Phi) is 4.62.